The van der Waals surface area contributed by atoms with E-state index in [0.29, 0.717) is 27.6 Å². The summed E-state index contributed by atoms with van der Waals surface area (Å²) in [6, 6.07) is 23.9. The second kappa shape index (κ2) is 12.3. The summed E-state index contributed by atoms with van der Waals surface area (Å²) in [6.45, 7) is 5.07. The fourth-order valence-electron chi connectivity index (χ4n) is 4.02. The lowest BCUT2D eigenvalue weighted by atomic mass is 10.1. The molecule has 0 heterocycles. The Bertz CT molecular complexity index is 1760. The molecule has 2 N–H and O–H groups in total. The number of carbonyl (C=O) groups excluding carboxylic acids is 1. The van der Waals surface area contributed by atoms with Crippen molar-refractivity contribution in [2.75, 3.05) is 20.9 Å². The number of anilines is 3. The number of hydrogen-bond donors (Lipinski definition) is 2. The van der Waals surface area contributed by atoms with E-state index in [2.05, 4.69) is 10.0 Å². The van der Waals surface area contributed by atoms with Crippen LogP contribution in [0.1, 0.15) is 23.6 Å². The van der Waals surface area contributed by atoms with Crippen LogP contribution in [0.15, 0.2) is 101 Å². The minimum Gasteiger partial charge on any atom is -0.325 e. The molecule has 8 nitrogen and oxygen atoms in total. The van der Waals surface area contributed by atoms with Crippen LogP contribution >= 0.6 is 11.6 Å². The highest BCUT2D eigenvalue weighted by Crippen LogP contribution is 2.27. The molecule has 11 heteroatoms. The molecule has 0 aliphatic carbocycles. The van der Waals surface area contributed by atoms with E-state index >= 15 is 0 Å². The predicted octanol–water partition coefficient (Wildman–Crippen LogP) is 6.15. The summed E-state index contributed by atoms with van der Waals surface area (Å²) in [5, 5.41) is 3.10. The van der Waals surface area contributed by atoms with Gasteiger partial charge in [0, 0.05) is 10.7 Å². The van der Waals surface area contributed by atoms with E-state index in [0.717, 1.165) is 21.9 Å². The standard InChI is InChI=1S/C30H30ClN3O5S2/c1-4-23-10-14-25(15-11-23)34(41(38,39)27-16-8-21(2)9-17-27)20-30(35)32-24-12-18-26(19-13-24)40(36,37)33-29-7-5-6-28(31)22(29)3/h5-19,33H,4,20H2,1-3H3,(H,32,35). The summed E-state index contributed by atoms with van der Waals surface area (Å²) in [6.07, 6.45) is 0.783. The third-order valence-electron chi connectivity index (χ3n) is 6.49. The van der Waals surface area contributed by atoms with Crippen molar-refractivity contribution in [1.29, 1.82) is 0 Å². The highest BCUT2D eigenvalue weighted by atomic mass is 35.5. The zero-order chi connectivity index (χ0) is 29.8. The predicted molar refractivity (Wildman–Crippen MR) is 164 cm³/mol. The fraction of sp³-hybridized carbons (Fsp3) is 0.167. The normalized spacial score (nSPS) is 11.6. The van der Waals surface area contributed by atoms with E-state index in [9.17, 15) is 21.6 Å². The highest BCUT2D eigenvalue weighted by molar-refractivity contribution is 7.93. The lowest BCUT2D eigenvalue weighted by Gasteiger charge is -2.24. The van der Waals surface area contributed by atoms with E-state index in [4.69, 9.17) is 11.6 Å². The van der Waals surface area contributed by atoms with Crippen molar-refractivity contribution in [3.8, 4) is 0 Å². The summed E-state index contributed by atoms with van der Waals surface area (Å²) < 4.78 is 56.6. The topological polar surface area (TPSA) is 113 Å². The van der Waals surface area contributed by atoms with Crippen LogP contribution < -0.4 is 14.3 Å². The van der Waals surface area contributed by atoms with Crippen molar-refractivity contribution in [1.82, 2.24) is 0 Å². The molecule has 0 saturated heterocycles. The van der Waals surface area contributed by atoms with E-state index < -0.39 is 32.5 Å². The maximum Gasteiger partial charge on any atom is 0.264 e. The molecule has 0 saturated carbocycles. The van der Waals surface area contributed by atoms with Crippen LogP contribution in [0, 0.1) is 13.8 Å². The lowest BCUT2D eigenvalue weighted by Crippen LogP contribution is -2.38. The molecule has 0 bridgehead atoms. The van der Waals surface area contributed by atoms with Gasteiger partial charge in [-0.15, -0.1) is 0 Å². The molecule has 4 aromatic rings. The number of carbonyl (C=O) groups is 1. The van der Waals surface area contributed by atoms with E-state index in [1.165, 1.54) is 36.4 Å². The largest absolute Gasteiger partial charge is 0.325 e. The van der Waals surface area contributed by atoms with Crippen molar-refractivity contribution in [2.24, 2.45) is 0 Å². The molecule has 0 aromatic heterocycles. The third-order valence-corrected chi connectivity index (χ3v) is 10.1. The number of hydrogen-bond acceptors (Lipinski definition) is 5. The van der Waals surface area contributed by atoms with Crippen molar-refractivity contribution < 1.29 is 21.6 Å². The third kappa shape index (κ3) is 7.08. The number of sulfonamides is 2. The van der Waals surface area contributed by atoms with Crippen LogP contribution in [0.3, 0.4) is 0 Å². The molecule has 0 radical (unpaired) electrons. The molecular formula is C30H30ClN3O5S2. The van der Waals surface area contributed by atoms with Gasteiger partial charge in [0.25, 0.3) is 20.0 Å². The Hall–Kier alpha value is -3.86. The molecule has 4 rings (SSSR count). The molecule has 1 amide bonds. The summed E-state index contributed by atoms with van der Waals surface area (Å²) in [7, 11) is -7.99. The Balaban J connectivity index is 1.54. The Morgan fingerprint density at radius 2 is 1.41 bits per heavy atom. The van der Waals surface area contributed by atoms with Crippen LogP contribution in [0.4, 0.5) is 17.1 Å². The Labute approximate surface area is 246 Å². The molecule has 4 aromatic carbocycles. The Kier molecular flexibility index (Phi) is 9.06. The highest BCUT2D eigenvalue weighted by Gasteiger charge is 2.27. The van der Waals surface area contributed by atoms with Crippen molar-refractivity contribution in [3.05, 3.63) is 113 Å². The first-order chi connectivity index (χ1) is 19.4. The second-order valence-electron chi connectivity index (χ2n) is 9.44. The molecule has 41 heavy (non-hydrogen) atoms. The van der Waals surface area contributed by atoms with Crippen molar-refractivity contribution in [2.45, 2.75) is 37.0 Å². The van der Waals surface area contributed by atoms with Gasteiger partial charge < -0.3 is 5.32 Å². The molecule has 0 aliphatic rings. The Morgan fingerprint density at radius 3 is 2.02 bits per heavy atom. The number of nitrogens with zero attached hydrogens (tertiary/aromatic N) is 1. The van der Waals surface area contributed by atoms with Crippen LogP contribution in [-0.2, 0) is 31.3 Å². The SMILES string of the molecule is CCc1ccc(N(CC(=O)Nc2ccc(S(=O)(=O)Nc3cccc(Cl)c3C)cc2)S(=O)(=O)c2ccc(C)cc2)cc1. The van der Waals surface area contributed by atoms with Gasteiger partial charge >= 0.3 is 0 Å². The number of nitrogens with one attached hydrogen (secondary N) is 2. The van der Waals surface area contributed by atoms with Gasteiger partial charge in [-0.25, -0.2) is 16.8 Å². The lowest BCUT2D eigenvalue weighted by molar-refractivity contribution is -0.114. The molecule has 0 atom stereocenters. The second-order valence-corrected chi connectivity index (χ2v) is 13.4. The van der Waals surface area contributed by atoms with Gasteiger partial charge in [-0.05, 0) is 92.1 Å². The summed E-state index contributed by atoms with van der Waals surface area (Å²) in [5.74, 6) is -0.594. The van der Waals surface area contributed by atoms with Crippen LogP contribution in [0.5, 0.6) is 0 Å². The van der Waals surface area contributed by atoms with Crippen molar-refractivity contribution in [3.63, 3.8) is 0 Å². The van der Waals surface area contributed by atoms with Gasteiger partial charge in [-0.3, -0.25) is 13.8 Å². The number of amides is 1. The molecular weight excluding hydrogens is 582 g/mol. The van der Waals surface area contributed by atoms with Crippen molar-refractivity contribution >= 4 is 54.6 Å². The van der Waals surface area contributed by atoms with Gasteiger partial charge in [-0.1, -0.05) is 54.4 Å². The minimum absolute atomic E-state index is 0.0190. The van der Waals surface area contributed by atoms with E-state index in [-0.39, 0.29) is 9.79 Å². The fourth-order valence-corrected chi connectivity index (χ4v) is 6.74. The number of benzene rings is 4. The van der Waals surface area contributed by atoms with E-state index in [1.807, 2.05) is 26.0 Å². The first-order valence-corrected chi connectivity index (χ1v) is 16.1. The maximum atomic E-state index is 13.6. The minimum atomic E-state index is -4.06. The molecule has 0 unspecified atom stereocenters. The molecule has 214 valence electrons. The van der Waals surface area contributed by atoms with Gasteiger partial charge in [0.05, 0.1) is 21.2 Å². The summed E-state index contributed by atoms with van der Waals surface area (Å²) >= 11 is 6.10. The van der Waals surface area contributed by atoms with Crippen LogP contribution in [0.2, 0.25) is 5.02 Å². The maximum absolute atomic E-state index is 13.6. The number of aryl methyl sites for hydroxylation is 2. The first kappa shape index (κ1) is 30.1. The smallest absolute Gasteiger partial charge is 0.264 e. The zero-order valence-corrected chi connectivity index (χ0v) is 25.1. The van der Waals surface area contributed by atoms with Crippen LogP contribution in [0.25, 0.3) is 0 Å². The van der Waals surface area contributed by atoms with Crippen LogP contribution in [-0.4, -0.2) is 29.3 Å². The quantitative estimate of drug-likeness (QED) is 0.223. The van der Waals surface area contributed by atoms with E-state index in [1.54, 1.807) is 49.4 Å². The Morgan fingerprint density at radius 1 is 0.805 bits per heavy atom. The molecule has 0 aliphatic heterocycles. The molecule has 0 fully saturated rings. The zero-order valence-electron chi connectivity index (χ0n) is 22.8. The molecule has 0 spiro atoms. The first-order valence-electron chi connectivity index (χ1n) is 12.8. The average Bonchev–Trinajstić information content (AvgIpc) is 2.95. The van der Waals surface area contributed by atoms with Gasteiger partial charge in [0.1, 0.15) is 6.54 Å². The van der Waals surface area contributed by atoms with Gasteiger partial charge in [0.2, 0.25) is 5.91 Å². The average molecular weight is 612 g/mol. The van der Waals surface area contributed by atoms with Gasteiger partial charge in [0.15, 0.2) is 0 Å². The number of halogens is 1. The summed E-state index contributed by atoms with van der Waals surface area (Å²) in [5.41, 5.74) is 3.54. The summed E-state index contributed by atoms with van der Waals surface area (Å²) in [4.78, 5) is 13.1. The van der Waals surface area contributed by atoms with Gasteiger partial charge in [-0.2, -0.15) is 0 Å². The number of rotatable bonds is 10. The monoisotopic (exact) mass is 611 g/mol.